The Labute approximate surface area is 177 Å². The molecule has 0 aliphatic heterocycles. The van der Waals surface area contributed by atoms with Gasteiger partial charge in [-0.3, -0.25) is 0 Å². The number of carbonyl (C=O) groups is 1. The second kappa shape index (κ2) is 9.23. The van der Waals surface area contributed by atoms with Crippen LogP contribution < -0.4 is 0 Å². The first-order valence-corrected chi connectivity index (χ1v) is 10.2. The Bertz CT molecular complexity index is 1050. The molecule has 0 spiro atoms. The van der Waals surface area contributed by atoms with Crippen molar-refractivity contribution in [3.63, 3.8) is 0 Å². The zero-order valence-electron chi connectivity index (χ0n) is 16.8. The lowest BCUT2D eigenvalue weighted by Crippen LogP contribution is -2.08. The molecule has 148 valence electrons. The molecular weight excluding hydrogens is 368 g/mol. The third-order valence-corrected chi connectivity index (χ3v) is 5.38. The van der Waals surface area contributed by atoms with Gasteiger partial charge in [0.2, 0.25) is 0 Å². The van der Waals surface area contributed by atoms with Crippen molar-refractivity contribution in [2.24, 2.45) is 0 Å². The Morgan fingerprint density at radius 1 is 0.567 bits per heavy atom. The average molecular weight is 392 g/mol. The minimum atomic E-state index is -0.884. The van der Waals surface area contributed by atoms with Gasteiger partial charge < -0.3 is 5.11 Å². The SMILES string of the molecule is O=C(O)c1cc(Cc2ccccc2)c(Cc2ccccc2)c(Cc2ccccc2)c1. The number of carboxylic acids is 1. The maximum absolute atomic E-state index is 11.9. The van der Waals surface area contributed by atoms with Crippen LogP contribution in [0, 0.1) is 0 Å². The molecule has 0 heterocycles. The summed E-state index contributed by atoms with van der Waals surface area (Å²) in [6, 6.07) is 34.6. The minimum absolute atomic E-state index is 0.351. The molecule has 4 aromatic rings. The molecule has 0 fully saturated rings. The van der Waals surface area contributed by atoms with Gasteiger partial charge in [0, 0.05) is 0 Å². The van der Waals surface area contributed by atoms with Crippen LogP contribution in [-0.2, 0) is 19.3 Å². The Morgan fingerprint density at radius 3 is 1.30 bits per heavy atom. The molecule has 1 N–H and O–H groups in total. The first kappa shape index (κ1) is 19.7. The van der Waals surface area contributed by atoms with Crippen molar-refractivity contribution in [3.05, 3.63) is 142 Å². The summed E-state index contributed by atoms with van der Waals surface area (Å²) in [5, 5.41) is 9.75. The van der Waals surface area contributed by atoms with E-state index in [0.717, 1.165) is 17.5 Å². The monoisotopic (exact) mass is 392 g/mol. The quantitative estimate of drug-likeness (QED) is 0.409. The number of hydrogen-bond acceptors (Lipinski definition) is 1. The van der Waals surface area contributed by atoms with Crippen LogP contribution in [0.1, 0.15) is 43.7 Å². The summed E-state index contributed by atoms with van der Waals surface area (Å²) in [6.45, 7) is 0. The highest BCUT2D eigenvalue weighted by Gasteiger charge is 2.16. The first-order valence-electron chi connectivity index (χ1n) is 10.2. The van der Waals surface area contributed by atoms with Crippen LogP contribution in [-0.4, -0.2) is 11.1 Å². The summed E-state index contributed by atoms with van der Waals surface area (Å²) >= 11 is 0. The predicted octanol–water partition coefficient (Wildman–Crippen LogP) is 6.16. The van der Waals surface area contributed by atoms with Crippen LogP contribution in [0.15, 0.2) is 103 Å². The standard InChI is InChI=1S/C28H24O2/c29-28(30)26-19-24(16-21-10-4-1-5-11-21)27(18-23-14-8-3-9-15-23)25(20-26)17-22-12-6-2-7-13-22/h1-15,19-20H,16-18H2,(H,29,30). The van der Waals surface area contributed by atoms with E-state index in [1.54, 1.807) is 0 Å². The van der Waals surface area contributed by atoms with E-state index in [9.17, 15) is 9.90 Å². The van der Waals surface area contributed by atoms with Crippen molar-refractivity contribution >= 4 is 5.97 Å². The van der Waals surface area contributed by atoms with E-state index >= 15 is 0 Å². The molecule has 0 atom stereocenters. The molecule has 0 radical (unpaired) electrons. The molecule has 0 bridgehead atoms. The third kappa shape index (κ3) is 4.84. The van der Waals surface area contributed by atoms with Crippen molar-refractivity contribution in [2.75, 3.05) is 0 Å². The van der Waals surface area contributed by atoms with Gasteiger partial charge in [0.05, 0.1) is 5.56 Å². The van der Waals surface area contributed by atoms with Crippen LogP contribution in [0.2, 0.25) is 0 Å². The summed E-state index contributed by atoms with van der Waals surface area (Å²) in [6.07, 6.45) is 2.21. The zero-order valence-corrected chi connectivity index (χ0v) is 16.8. The first-order chi connectivity index (χ1) is 14.7. The Kier molecular flexibility index (Phi) is 6.05. The largest absolute Gasteiger partial charge is 0.478 e. The second-order valence-electron chi connectivity index (χ2n) is 7.57. The molecule has 0 saturated carbocycles. The van der Waals surface area contributed by atoms with Crippen LogP contribution in [0.4, 0.5) is 0 Å². The number of hydrogen-bond donors (Lipinski definition) is 1. The van der Waals surface area contributed by atoms with Gasteiger partial charge in [-0.2, -0.15) is 0 Å². The zero-order chi connectivity index (χ0) is 20.8. The normalized spacial score (nSPS) is 10.7. The van der Waals surface area contributed by atoms with Gasteiger partial charge in [-0.15, -0.1) is 0 Å². The summed E-state index contributed by atoms with van der Waals surface area (Å²) < 4.78 is 0. The van der Waals surface area contributed by atoms with E-state index in [-0.39, 0.29) is 0 Å². The third-order valence-electron chi connectivity index (χ3n) is 5.38. The maximum Gasteiger partial charge on any atom is 0.335 e. The topological polar surface area (TPSA) is 37.3 Å². The smallest absolute Gasteiger partial charge is 0.335 e. The number of rotatable bonds is 7. The number of benzene rings is 4. The molecule has 30 heavy (non-hydrogen) atoms. The predicted molar refractivity (Wildman–Crippen MR) is 121 cm³/mol. The van der Waals surface area contributed by atoms with E-state index in [2.05, 4.69) is 48.5 Å². The van der Waals surface area contributed by atoms with Gasteiger partial charge in [-0.25, -0.2) is 4.79 Å². The Morgan fingerprint density at radius 2 is 0.933 bits per heavy atom. The van der Waals surface area contributed by atoms with Gasteiger partial charge in [0.15, 0.2) is 0 Å². The molecule has 0 aliphatic rings. The lowest BCUT2D eigenvalue weighted by molar-refractivity contribution is 0.0696. The highest BCUT2D eigenvalue weighted by Crippen LogP contribution is 2.26. The summed E-state index contributed by atoms with van der Waals surface area (Å²) in [5.41, 5.74) is 7.32. The summed E-state index contributed by atoms with van der Waals surface area (Å²) in [7, 11) is 0. The van der Waals surface area contributed by atoms with E-state index in [4.69, 9.17) is 0 Å². The van der Waals surface area contributed by atoms with Crippen molar-refractivity contribution in [2.45, 2.75) is 19.3 Å². The molecule has 2 heteroatoms. The van der Waals surface area contributed by atoms with E-state index in [0.29, 0.717) is 18.4 Å². The van der Waals surface area contributed by atoms with Crippen molar-refractivity contribution in [3.8, 4) is 0 Å². The second-order valence-corrected chi connectivity index (χ2v) is 7.57. The fraction of sp³-hybridized carbons (Fsp3) is 0.107. The molecular formula is C28H24O2. The van der Waals surface area contributed by atoms with Gasteiger partial charge >= 0.3 is 5.97 Å². The maximum atomic E-state index is 11.9. The summed E-state index contributed by atoms with van der Waals surface area (Å²) in [5.74, 6) is -0.884. The van der Waals surface area contributed by atoms with E-state index in [1.807, 2.05) is 54.6 Å². The van der Waals surface area contributed by atoms with E-state index < -0.39 is 5.97 Å². The minimum Gasteiger partial charge on any atom is -0.478 e. The van der Waals surface area contributed by atoms with Gasteiger partial charge in [0.25, 0.3) is 0 Å². The van der Waals surface area contributed by atoms with Crippen molar-refractivity contribution < 1.29 is 9.90 Å². The van der Waals surface area contributed by atoms with Gasteiger partial charge in [0.1, 0.15) is 0 Å². The molecule has 0 amide bonds. The average Bonchev–Trinajstić information content (AvgIpc) is 2.78. The Hall–Kier alpha value is -3.65. The highest BCUT2D eigenvalue weighted by atomic mass is 16.4. The molecule has 0 saturated heterocycles. The van der Waals surface area contributed by atoms with Crippen LogP contribution in [0.5, 0.6) is 0 Å². The molecule has 4 rings (SSSR count). The molecule has 0 unspecified atom stereocenters. The molecule has 4 aromatic carbocycles. The Balaban J connectivity index is 1.83. The van der Waals surface area contributed by atoms with Crippen LogP contribution in [0.25, 0.3) is 0 Å². The van der Waals surface area contributed by atoms with Gasteiger partial charge in [-0.1, -0.05) is 91.0 Å². The number of carboxylic acid groups (broad SMARTS) is 1. The lowest BCUT2D eigenvalue weighted by Gasteiger charge is -2.17. The van der Waals surface area contributed by atoms with Crippen molar-refractivity contribution in [1.29, 1.82) is 0 Å². The fourth-order valence-electron chi connectivity index (χ4n) is 3.90. The van der Waals surface area contributed by atoms with Crippen molar-refractivity contribution in [1.82, 2.24) is 0 Å². The molecule has 0 aromatic heterocycles. The fourth-order valence-corrected chi connectivity index (χ4v) is 3.90. The molecule has 2 nitrogen and oxygen atoms in total. The molecule has 0 aliphatic carbocycles. The number of aromatic carboxylic acids is 1. The highest BCUT2D eigenvalue weighted by molar-refractivity contribution is 5.88. The summed E-state index contributed by atoms with van der Waals surface area (Å²) in [4.78, 5) is 11.9. The van der Waals surface area contributed by atoms with E-state index in [1.165, 1.54) is 22.3 Å². The van der Waals surface area contributed by atoms with Crippen LogP contribution in [0.3, 0.4) is 0 Å². The lowest BCUT2D eigenvalue weighted by atomic mass is 9.87. The van der Waals surface area contributed by atoms with Crippen LogP contribution >= 0.6 is 0 Å². The van der Waals surface area contributed by atoms with Gasteiger partial charge in [-0.05, 0) is 64.8 Å².